The topological polar surface area (TPSA) is 70.0 Å². The molecule has 1 aromatic rings. The lowest BCUT2D eigenvalue weighted by Crippen LogP contribution is -2.41. The van der Waals surface area contributed by atoms with E-state index >= 15 is 0 Å². The first-order chi connectivity index (χ1) is 7.68. The number of amides is 1. The SMILES string of the molecule is O=C1OCC(C(O)O)N1Cc1ccccc1. The second-order valence-corrected chi connectivity index (χ2v) is 3.67. The minimum absolute atomic E-state index is 0.0172. The highest BCUT2D eigenvalue weighted by atomic mass is 16.6. The molecule has 1 unspecified atom stereocenters. The van der Waals surface area contributed by atoms with E-state index in [1.165, 1.54) is 4.90 Å². The number of aliphatic hydroxyl groups excluding tert-OH is 1. The zero-order chi connectivity index (χ0) is 11.5. The number of nitrogens with zero attached hydrogens (tertiary/aromatic N) is 1. The lowest BCUT2D eigenvalue weighted by molar-refractivity contribution is -0.0854. The van der Waals surface area contributed by atoms with Gasteiger partial charge in [0, 0.05) is 6.54 Å². The van der Waals surface area contributed by atoms with Gasteiger partial charge in [0.25, 0.3) is 0 Å². The first-order valence-corrected chi connectivity index (χ1v) is 5.02. The number of ether oxygens (including phenoxy) is 1. The smallest absolute Gasteiger partial charge is 0.410 e. The van der Waals surface area contributed by atoms with Gasteiger partial charge in [-0.15, -0.1) is 0 Å². The van der Waals surface area contributed by atoms with E-state index in [0.29, 0.717) is 6.54 Å². The Bertz CT molecular complexity index is 366. The van der Waals surface area contributed by atoms with E-state index in [2.05, 4.69) is 0 Å². The van der Waals surface area contributed by atoms with Crippen molar-refractivity contribution in [3.8, 4) is 0 Å². The molecule has 0 radical (unpaired) electrons. The van der Waals surface area contributed by atoms with Crippen molar-refractivity contribution in [2.45, 2.75) is 18.9 Å². The van der Waals surface area contributed by atoms with Crippen LogP contribution in [0, 0.1) is 0 Å². The lowest BCUT2D eigenvalue weighted by Gasteiger charge is -2.22. The Morgan fingerprint density at radius 2 is 2.06 bits per heavy atom. The average molecular weight is 223 g/mol. The summed E-state index contributed by atoms with van der Waals surface area (Å²) in [5.74, 6) is 0. The molecule has 0 bridgehead atoms. The largest absolute Gasteiger partial charge is 0.447 e. The third-order valence-corrected chi connectivity index (χ3v) is 2.55. The van der Waals surface area contributed by atoms with E-state index in [1.807, 2.05) is 30.3 Å². The molecule has 1 fully saturated rings. The van der Waals surface area contributed by atoms with Crippen LogP contribution in [0.1, 0.15) is 5.56 Å². The predicted octanol–water partition coefficient (Wildman–Crippen LogP) is 0.318. The molecule has 5 heteroatoms. The van der Waals surface area contributed by atoms with Crippen LogP contribution in [-0.2, 0) is 11.3 Å². The third-order valence-electron chi connectivity index (χ3n) is 2.55. The molecule has 16 heavy (non-hydrogen) atoms. The number of benzene rings is 1. The van der Waals surface area contributed by atoms with Crippen LogP contribution in [-0.4, -0.2) is 40.1 Å². The van der Waals surface area contributed by atoms with Gasteiger partial charge in [-0.1, -0.05) is 30.3 Å². The molecule has 2 rings (SSSR count). The van der Waals surface area contributed by atoms with Crippen molar-refractivity contribution in [3.05, 3.63) is 35.9 Å². The minimum Gasteiger partial charge on any atom is -0.447 e. The van der Waals surface area contributed by atoms with Crippen LogP contribution in [0.5, 0.6) is 0 Å². The van der Waals surface area contributed by atoms with Gasteiger partial charge in [0.15, 0.2) is 6.29 Å². The van der Waals surface area contributed by atoms with E-state index < -0.39 is 18.4 Å². The van der Waals surface area contributed by atoms with Crippen LogP contribution < -0.4 is 0 Å². The highest BCUT2D eigenvalue weighted by Crippen LogP contribution is 2.18. The number of carbonyl (C=O) groups excluding carboxylic acids is 1. The van der Waals surface area contributed by atoms with Gasteiger partial charge >= 0.3 is 6.09 Å². The van der Waals surface area contributed by atoms with Gasteiger partial charge in [-0.25, -0.2) is 4.79 Å². The van der Waals surface area contributed by atoms with Crippen molar-refractivity contribution in [1.82, 2.24) is 4.90 Å². The average Bonchev–Trinajstić information content (AvgIpc) is 2.62. The van der Waals surface area contributed by atoms with Gasteiger partial charge in [-0.3, -0.25) is 4.90 Å². The second-order valence-electron chi connectivity index (χ2n) is 3.67. The Hall–Kier alpha value is -1.59. The van der Waals surface area contributed by atoms with Crippen LogP contribution in [0.2, 0.25) is 0 Å². The molecule has 1 heterocycles. The zero-order valence-corrected chi connectivity index (χ0v) is 8.61. The Balaban J connectivity index is 2.10. The summed E-state index contributed by atoms with van der Waals surface area (Å²) >= 11 is 0. The van der Waals surface area contributed by atoms with Crippen molar-refractivity contribution in [3.63, 3.8) is 0 Å². The maximum Gasteiger partial charge on any atom is 0.410 e. The Kier molecular flexibility index (Phi) is 3.07. The van der Waals surface area contributed by atoms with Crippen LogP contribution in [0.3, 0.4) is 0 Å². The molecule has 5 nitrogen and oxygen atoms in total. The summed E-state index contributed by atoms with van der Waals surface area (Å²) in [6.07, 6.45) is -2.09. The molecular formula is C11H13NO4. The fourth-order valence-corrected chi connectivity index (χ4v) is 1.67. The summed E-state index contributed by atoms with van der Waals surface area (Å²) < 4.78 is 4.78. The Morgan fingerprint density at radius 3 is 2.69 bits per heavy atom. The zero-order valence-electron chi connectivity index (χ0n) is 8.61. The molecule has 1 amide bonds. The van der Waals surface area contributed by atoms with Gasteiger partial charge in [0.1, 0.15) is 12.6 Å². The van der Waals surface area contributed by atoms with E-state index in [4.69, 9.17) is 14.9 Å². The molecule has 0 aliphatic carbocycles. The molecule has 1 aliphatic rings. The van der Waals surface area contributed by atoms with Crippen molar-refractivity contribution in [1.29, 1.82) is 0 Å². The second kappa shape index (κ2) is 4.51. The van der Waals surface area contributed by atoms with E-state index in [1.54, 1.807) is 0 Å². The lowest BCUT2D eigenvalue weighted by atomic mass is 10.2. The van der Waals surface area contributed by atoms with Crippen molar-refractivity contribution in [2.24, 2.45) is 0 Å². The first kappa shape index (κ1) is 10.9. The quantitative estimate of drug-likeness (QED) is 0.724. The van der Waals surface area contributed by atoms with Gasteiger partial charge < -0.3 is 14.9 Å². The summed E-state index contributed by atoms with van der Waals surface area (Å²) in [4.78, 5) is 12.7. The predicted molar refractivity (Wildman–Crippen MR) is 55.3 cm³/mol. The van der Waals surface area contributed by atoms with Gasteiger partial charge in [-0.05, 0) is 5.56 Å². The molecule has 0 saturated carbocycles. The summed E-state index contributed by atoms with van der Waals surface area (Å²) in [6, 6.07) is 8.65. The maximum atomic E-state index is 11.4. The summed E-state index contributed by atoms with van der Waals surface area (Å²) in [6.45, 7) is 0.339. The molecule has 1 atom stereocenters. The molecule has 86 valence electrons. The molecule has 0 spiro atoms. The first-order valence-electron chi connectivity index (χ1n) is 5.02. The summed E-state index contributed by atoms with van der Waals surface area (Å²) in [5.41, 5.74) is 0.923. The summed E-state index contributed by atoms with van der Waals surface area (Å²) in [5, 5.41) is 18.2. The number of hydrogen-bond donors (Lipinski definition) is 2. The minimum atomic E-state index is -1.57. The van der Waals surface area contributed by atoms with Gasteiger partial charge in [0.2, 0.25) is 0 Å². The van der Waals surface area contributed by atoms with Gasteiger partial charge in [0.05, 0.1) is 0 Å². The number of carbonyl (C=O) groups is 1. The fraction of sp³-hybridized carbons (Fsp3) is 0.364. The van der Waals surface area contributed by atoms with E-state index in [-0.39, 0.29) is 6.61 Å². The normalized spacial score (nSPS) is 20.3. The van der Waals surface area contributed by atoms with E-state index in [9.17, 15) is 4.79 Å². The van der Waals surface area contributed by atoms with Crippen LogP contribution in [0.25, 0.3) is 0 Å². The highest BCUT2D eigenvalue weighted by molar-refractivity contribution is 5.70. The number of cyclic esters (lactones) is 1. The van der Waals surface area contributed by atoms with Crippen LogP contribution in [0.4, 0.5) is 4.79 Å². The van der Waals surface area contributed by atoms with Crippen LogP contribution >= 0.6 is 0 Å². The monoisotopic (exact) mass is 223 g/mol. The van der Waals surface area contributed by atoms with Crippen molar-refractivity contribution >= 4 is 6.09 Å². The maximum absolute atomic E-state index is 11.4. The van der Waals surface area contributed by atoms with Crippen molar-refractivity contribution < 1.29 is 19.7 Å². The molecule has 1 aromatic carbocycles. The fourth-order valence-electron chi connectivity index (χ4n) is 1.67. The Morgan fingerprint density at radius 1 is 1.38 bits per heavy atom. The molecule has 1 aliphatic heterocycles. The summed E-state index contributed by atoms with van der Waals surface area (Å²) in [7, 11) is 0. The highest BCUT2D eigenvalue weighted by Gasteiger charge is 2.36. The van der Waals surface area contributed by atoms with Crippen molar-refractivity contribution in [2.75, 3.05) is 6.61 Å². The molecule has 0 aromatic heterocycles. The number of hydrogen-bond acceptors (Lipinski definition) is 4. The molecule has 1 saturated heterocycles. The number of aliphatic hydroxyl groups is 2. The third kappa shape index (κ3) is 2.15. The molecular weight excluding hydrogens is 210 g/mol. The molecule has 2 N–H and O–H groups in total. The standard InChI is InChI=1S/C11H13NO4/c13-10(14)9-7-16-11(15)12(9)6-8-4-2-1-3-5-8/h1-5,9-10,13-14H,6-7H2. The Labute approximate surface area is 92.9 Å². The van der Waals surface area contributed by atoms with E-state index in [0.717, 1.165) is 5.56 Å². The van der Waals surface area contributed by atoms with Gasteiger partial charge in [-0.2, -0.15) is 0 Å². The van der Waals surface area contributed by atoms with Crippen LogP contribution in [0.15, 0.2) is 30.3 Å². The number of rotatable bonds is 3.